The molecule has 1 amide bonds. The van der Waals surface area contributed by atoms with E-state index in [2.05, 4.69) is 20.7 Å². The molecule has 0 radical (unpaired) electrons. The summed E-state index contributed by atoms with van der Waals surface area (Å²) >= 11 is 0. The summed E-state index contributed by atoms with van der Waals surface area (Å²) in [6.45, 7) is 1.69. The Morgan fingerprint density at radius 1 is 1.21 bits per heavy atom. The Kier molecular flexibility index (Phi) is 5.45. The van der Waals surface area contributed by atoms with Gasteiger partial charge in [0.15, 0.2) is 0 Å². The van der Waals surface area contributed by atoms with Crippen LogP contribution in [0.2, 0.25) is 0 Å². The maximum atomic E-state index is 12.3. The van der Waals surface area contributed by atoms with Crippen LogP contribution in [0.3, 0.4) is 0 Å². The molecular weight excluding hydrogens is 362 g/mol. The lowest BCUT2D eigenvalue weighted by Crippen LogP contribution is -2.19. The number of nitrogens with one attached hydrogen (secondary N) is 2. The first kappa shape index (κ1) is 18.8. The third-order valence-electron chi connectivity index (χ3n) is 4.03. The quantitative estimate of drug-likeness (QED) is 0.387. The fraction of sp³-hybridized carbons (Fsp3) is 0.105. The van der Waals surface area contributed by atoms with Gasteiger partial charge in [0.1, 0.15) is 11.4 Å². The maximum absolute atomic E-state index is 12.3. The number of non-ortho nitro benzene ring substituents is 1. The third kappa shape index (κ3) is 4.04. The van der Waals surface area contributed by atoms with Crippen molar-refractivity contribution >= 4 is 17.3 Å². The highest BCUT2D eigenvalue weighted by Crippen LogP contribution is 2.28. The minimum absolute atomic E-state index is 0.0121. The van der Waals surface area contributed by atoms with Crippen molar-refractivity contribution in [3.8, 4) is 17.0 Å². The first-order chi connectivity index (χ1) is 13.5. The van der Waals surface area contributed by atoms with Crippen molar-refractivity contribution in [3.63, 3.8) is 0 Å². The number of aromatic nitrogens is 2. The van der Waals surface area contributed by atoms with E-state index in [4.69, 9.17) is 4.74 Å². The van der Waals surface area contributed by atoms with E-state index in [-0.39, 0.29) is 11.4 Å². The van der Waals surface area contributed by atoms with Crippen LogP contribution < -0.4 is 10.2 Å². The van der Waals surface area contributed by atoms with Crippen LogP contribution in [-0.2, 0) is 0 Å². The summed E-state index contributed by atoms with van der Waals surface area (Å²) in [7, 11) is 1.56. The number of carbonyl (C=O) groups is 1. The van der Waals surface area contributed by atoms with Crippen LogP contribution in [0.15, 0.2) is 59.7 Å². The van der Waals surface area contributed by atoms with Crippen LogP contribution in [-0.4, -0.2) is 33.8 Å². The van der Waals surface area contributed by atoms with Crippen molar-refractivity contribution in [1.29, 1.82) is 0 Å². The van der Waals surface area contributed by atoms with Crippen molar-refractivity contribution in [2.24, 2.45) is 5.10 Å². The van der Waals surface area contributed by atoms with Gasteiger partial charge in [-0.3, -0.25) is 20.0 Å². The molecule has 0 saturated heterocycles. The van der Waals surface area contributed by atoms with Gasteiger partial charge >= 0.3 is 0 Å². The van der Waals surface area contributed by atoms with Gasteiger partial charge in [0.2, 0.25) is 0 Å². The van der Waals surface area contributed by atoms with E-state index in [0.717, 1.165) is 5.56 Å². The zero-order chi connectivity index (χ0) is 20.1. The average Bonchev–Trinajstić information content (AvgIpc) is 3.22. The van der Waals surface area contributed by atoms with E-state index >= 15 is 0 Å². The van der Waals surface area contributed by atoms with Gasteiger partial charge in [-0.1, -0.05) is 12.1 Å². The molecule has 0 unspecified atom stereocenters. The van der Waals surface area contributed by atoms with E-state index in [1.165, 1.54) is 12.1 Å². The van der Waals surface area contributed by atoms with Gasteiger partial charge in [-0.15, -0.1) is 0 Å². The number of hydrogen-bond acceptors (Lipinski definition) is 6. The zero-order valence-electron chi connectivity index (χ0n) is 15.2. The lowest BCUT2D eigenvalue weighted by Gasteiger charge is -2.04. The molecule has 0 fully saturated rings. The number of H-pyrrole nitrogens is 1. The number of nitrogens with zero attached hydrogens (tertiary/aromatic N) is 3. The Hall–Kier alpha value is -4.01. The number of para-hydroxylation sites is 1. The molecule has 9 nitrogen and oxygen atoms in total. The van der Waals surface area contributed by atoms with Gasteiger partial charge in [-0.05, 0) is 42.8 Å². The highest BCUT2D eigenvalue weighted by Gasteiger charge is 2.13. The van der Waals surface area contributed by atoms with Crippen molar-refractivity contribution < 1.29 is 14.5 Å². The minimum atomic E-state index is -0.477. The Morgan fingerprint density at radius 2 is 1.93 bits per heavy atom. The molecule has 0 bridgehead atoms. The molecule has 28 heavy (non-hydrogen) atoms. The van der Waals surface area contributed by atoms with E-state index < -0.39 is 10.8 Å². The van der Waals surface area contributed by atoms with Crippen molar-refractivity contribution in [1.82, 2.24) is 15.6 Å². The number of carbonyl (C=O) groups excluding carboxylic acids is 1. The third-order valence-corrected chi connectivity index (χ3v) is 4.03. The van der Waals surface area contributed by atoms with Gasteiger partial charge in [0, 0.05) is 17.7 Å². The van der Waals surface area contributed by atoms with E-state index in [9.17, 15) is 14.9 Å². The standard InChI is InChI=1S/C19H17N5O4/c1-12(13-7-9-14(10-8-13)24(26)27)20-23-19(25)17-11-16(21-22-17)15-5-3-4-6-18(15)28-2/h3-11H,1-2H3,(H,21,22)(H,23,25)/b20-12-. The molecule has 0 aliphatic rings. The number of ether oxygens (including phenoxy) is 1. The van der Waals surface area contributed by atoms with Gasteiger partial charge in [-0.25, -0.2) is 5.43 Å². The van der Waals surface area contributed by atoms with Crippen LogP contribution in [0.5, 0.6) is 5.75 Å². The molecule has 9 heteroatoms. The molecule has 0 saturated carbocycles. The van der Waals surface area contributed by atoms with Gasteiger partial charge in [-0.2, -0.15) is 10.2 Å². The molecule has 2 aromatic carbocycles. The van der Waals surface area contributed by atoms with Gasteiger partial charge < -0.3 is 4.74 Å². The largest absolute Gasteiger partial charge is 0.496 e. The summed E-state index contributed by atoms with van der Waals surface area (Å²) in [5.41, 5.74) is 5.15. The number of benzene rings is 2. The second kappa shape index (κ2) is 8.12. The summed E-state index contributed by atoms with van der Waals surface area (Å²) in [6.07, 6.45) is 0. The summed E-state index contributed by atoms with van der Waals surface area (Å²) < 4.78 is 5.30. The number of aromatic amines is 1. The van der Waals surface area contributed by atoms with Crippen LogP contribution in [0.4, 0.5) is 5.69 Å². The Bertz CT molecular complexity index is 1040. The molecule has 3 aromatic rings. The highest BCUT2D eigenvalue weighted by molar-refractivity contribution is 6.00. The second-order valence-corrected chi connectivity index (χ2v) is 5.81. The summed E-state index contributed by atoms with van der Waals surface area (Å²) in [6, 6.07) is 14.8. The summed E-state index contributed by atoms with van der Waals surface area (Å²) in [4.78, 5) is 22.5. The predicted octanol–water partition coefficient (Wildman–Crippen LogP) is 3.15. The van der Waals surface area contributed by atoms with Crippen molar-refractivity contribution in [2.75, 3.05) is 7.11 Å². The second-order valence-electron chi connectivity index (χ2n) is 5.81. The average molecular weight is 379 g/mol. The molecule has 0 aliphatic heterocycles. The number of rotatable bonds is 6. The topological polar surface area (TPSA) is 123 Å². The van der Waals surface area contributed by atoms with Crippen LogP contribution in [0, 0.1) is 10.1 Å². The van der Waals surface area contributed by atoms with E-state index in [1.54, 1.807) is 32.2 Å². The number of methoxy groups -OCH3 is 1. The van der Waals surface area contributed by atoms with Crippen LogP contribution >= 0.6 is 0 Å². The number of hydrazone groups is 1. The molecular formula is C19H17N5O4. The predicted molar refractivity (Wildman–Crippen MR) is 103 cm³/mol. The number of hydrogen-bond donors (Lipinski definition) is 2. The number of amides is 1. The smallest absolute Gasteiger partial charge is 0.289 e. The zero-order valence-corrected chi connectivity index (χ0v) is 15.2. The first-order valence-corrected chi connectivity index (χ1v) is 8.28. The molecule has 142 valence electrons. The fourth-order valence-electron chi connectivity index (χ4n) is 2.52. The van der Waals surface area contributed by atoms with Crippen molar-refractivity contribution in [2.45, 2.75) is 6.92 Å². The normalized spacial score (nSPS) is 11.1. The Labute approximate surface area is 160 Å². The molecule has 0 atom stereocenters. The first-order valence-electron chi connectivity index (χ1n) is 8.28. The Balaban J connectivity index is 1.72. The summed E-state index contributed by atoms with van der Waals surface area (Å²) in [5, 5.41) is 21.6. The molecule has 3 rings (SSSR count). The van der Waals surface area contributed by atoms with Crippen molar-refractivity contribution in [3.05, 3.63) is 76.0 Å². The Morgan fingerprint density at radius 3 is 2.61 bits per heavy atom. The van der Waals surface area contributed by atoms with Gasteiger partial charge in [0.25, 0.3) is 11.6 Å². The minimum Gasteiger partial charge on any atom is -0.496 e. The monoisotopic (exact) mass is 379 g/mol. The highest BCUT2D eigenvalue weighted by atomic mass is 16.6. The van der Waals surface area contributed by atoms with Gasteiger partial charge in [0.05, 0.1) is 23.4 Å². The van der Waals surface area contributed by atoms with Crippen LogP contribution in [0.25, 0.3) is 11.3 Å². The van der Waals surface area contributed by atoms with E-state index in [0.29, 0.717) is 22.7 Å². The lowest BCUT2D eigenvalue weighted by atomic mass is 10.1. The van der Waals surface area contributed by atoms with E-state index in [1.807, 2.05) is 24.3 Å². The lowest BCUT2D eigenvalue weighted by molar-refractivity contribution is -0.384. The fourth-order valence-corrected chi connectivity index (χ4v) is 2.52. The number of nitro groups is 1. The maximum Gasteiger partial charge on any atom is 0.289 e. The molecule has 1 aromatic heterocycles. The van der Waals surface area contributed by atoms with Crippen LogP contribution in [0.1, 0.15) is 23.0 Å². The SMILES string of the molecule is COc1ccccc1-c1cc(C(=O)N/N=C(/C)c2ccc([N+](=O)[O-])cc2)[nH]n1. The summed E-state index contributed by atoms with van der Waals surface area (Å²) in [5.74, 6) is 0.183. The molecule has 0 spiro atoms. The molecule has 1 heterocycles. The molecule has 0 aliphatic carbocycles. The molecule has 2 N–H and O–H groups in total. The number of nitro benzene ring substituents is 1.